The first-order valence-corrected chi connectivity index (χ1v) is 11.3. The number of nitrogens with one attached hydrogen (secondary N) is 1. The van der Waals surface area contributed by atoms with E-state index in [0.717, 1.165) is 35.9 Å². The van der Waals surface area contributed by atoms with Crippen LogP contribution in [0.5, 0.6) is 5.75 Å². The Morgan fingerprint density at radius 1 is 1.33 bits per heavy atom. The second kappa shape index (κ2) is 8.51. The van der Waals surface area contributed by atoms with E-state index >= 15 is 0 Å². The molecule has 0 radical (unpaired) electrons. The first-order valence-electron chi connectivity index (χ1n) is 11.3. The topological polar surface area (TPSA) is 85.7 Å². The summed E-state index contributed by atoms with van der Waals surface area (Å²) in [5.41, 5.74) is 1.21. The van der Waals surface area contributed by atoms with Gasteiger partial charge in [-0.05, 0) is 49.6 Å². The van der Waals surface area contributed by atoms with Crippen molar-refractivity contribution in [2.75, 3.05) is 20.3 Å². The molecule has 0 aliphatic carbocycles. The highest BCUT2D eigenvalue weighted by Crippen LogP contribution is 2.34. The maximum Gasteiger partial charge on any atom is 0.271 e. The van der Waals surface area contributed by atoms with E-state index in [2.05, 4.69) is 10.3 Å². The summed E-state index contributed by atoms with van der Waals surface area (Å²) >= 11 is 0. The number of fused-ring (bicyclic) bond motifs is 3. The summed E-state index contributed by atoms with van der Waals surface area (Å²) in [6.45, 7) is 3.63. The number of hydrogen-bond donors (Lipinski definition) is 1. The zero-order valence-corrected chi connectivity index (χ0v) is 18.9. The van der Waals surface area contributed by atoms with Crippen molar-refractivity contribution < 1.29 is 19.1 Å². The lowest BCUT2D eigenvalue weighted by Crippen LogP contribution is -2.64. The van der Waals surface area contributed by atoms with Gasteiger partial charge in [-0.15, -0.1) is 0 Å². The predicted molar refractivity (Wildman–Crippen MR) is 123 cm³/mol. The number of methoxy groups -OCH3 is 1. The van der Waals surface area contributed by atoms with E-state index in [1.54, 1.807) is 24.4 Å². The molecule has 0 saturated carbocycles. The highest BCUT2D eigenvalue weighted by atomic mass is 16.5. The molecular formula is C25H28N4O4. The maximum absolute atomic E-state index is 13.8. The molecule has 0 bridgehead atoms. The maximum atomic E-state index is 13.8. The normalized spacial score (nSPS) is 22.4. The summed E-state index contributed by atoms with van der Waals surface area (Å²) in [6, 6.07) is 11.4. The van der Waals surface area contributed by atoms with E-state index in [1.165, 1.54) is 0 Å². The molecule has 1 N–H and O–H groups in total. The number of benzene rings is 1. The molecule has 1 fully saturated rings. The lowest BCUT2D eigenvalue weighted by Gasteiger charge is -2.44. The van der Waals surface area contributed by atoms with Crippen LogP contribution in [0.1, 0.15) is 35.8 Å². The third-order valence-electron chi connectivity index (χ3n) is 6.70. The molecule has 2 atom stereocenters. The Bertz CT molecular complexity index is 1190. The zero-order chi connectivity index (χ0) is 23.0. The smallest absolute Gasteiger partial charge is 0.271 e. The summed E-state index contributed by atoms with van der Waals surface area (Å²) in [5.74, 6) is 0.332. The molecule has 3 aromatic rings. The van der Waals surface area contributed by atoms with Gasteiger partial charge < -0.3 is 24.3 Å². The van der Waals surface area contributed by atoms with Gasteiger partial charge in [0.15, 0.2) is 0 Å². The minimum absolute atomic E-state index is 0.0239. The van der Waals surface area contributed by atoms with E-state index in [1.807, 2.05) is 47.9 Å². The van der Waals surface area contributed by atoms with Crippen molar-refractivity contribution >= 4 is 22.7 Å². The number of nitrogens with zero attached hydrogens (tertiary/aromatic N) is 3. The van der Waals surface area contributed by atoms with Crippen molar-refractivity contribution in [3.63, 3.8) is 0 Å². The second-order valence-corrected chi connectivity index (χ2v) is 8.91. The van der Waals surface area contributed by atoms with Gasteiger partial charge in [-0.2, -0.15) is 0 Å². The van der Waals surface area contributed by atoms with Crippen molar-refractivity contribution in [3.05, 3.63) is 60.0 Å². The van der Waals surface area contributed by atoms with Gasteiger partial charge in [-0.1, -0.05) is 6.07 Å². The fourth-order valence-electron chi connectivity index (χ4n) is 4.78. The largest absolute Gasteiger partial charge is 0.497 e. The highest BCUT2D eigenvalue weighted by molar-refractivity contribution is 6.03. The fraction of sp³-hybridized carbons (Fsp3) is 0.400. The Kier molecular flexibility index (Phi) is 5.54. The summed E-state index contributed by atoms with van der Waals surface area (Å²) in [4.78, 5) is 33.2. The van der Waals surface area contributed by atoms with Crippen LogP contribution in [0.3, 0.4) is 0 Å². The number of amides is 2. The minimum atomic E-state index is -1.09. The van der Waals surface area contributed by atoms with E-state index in [0.29, 0.717) is 31.1 Å². The molecule has 2 amide bonds. The van der Waals surface area contributed by atoms with E-state index in [-0.39, 0.29) is 17.9 Å². The number of ether oxygens (including phenoxy) is 2. The molecule has 2 aliphatic heterocycles. The van der Waals surface area contributed by atoms with Gasteiger partial charge in [-0.25, -0.2) is 0 Å². The first kappa shape index (κ1) is 21.5. The van der Waals surface area contributed by atoms with Crippen LogP contribution in [0, 0.1) is 0 Å². The van der Waals surface area contributed by atoms with Crippen LogP contribution in [-0.2, 0) is 22.6 Å². The molecule has 5 rings (SSSR count). The summed E-state index contributed by atoms with van der Waals surface area (Å²) < 4.78 is 13.0. The Morgan fingerprint density at radius 2 is 2.21 bits per heavy atom. The number of rotatable bonds is 6. The van der Waals surface area contributed by atoms with Gasteiger partial charge in [0.25, 0.3) is 5.91 Å². The molecule has 0 unspecified atom stereocenters. The molecule has 8 nitrogen and oxygen atoms in total. The molecule has 0 spiro atoms. The second-order valence-electron chi connectivity index (χ2n) is 8.91. The molecule has 2 aliphatic rings. The average Bonchev–Trinajstić information content (AvgIpc) is 3.48. The summed E-state index contributed by atoms with van der Waals surface area (Å²) in [5, 5.41) is 3.99. The standard InChI is InChI=1S/C25H28N4O4/c1-25(24(31)27-14-20-6-4-10-33-20)16-28-21-12-19(32-2)8-7-18(21)11-22(28)23(30)29(25)15-17-5-3-9-26-13-17/h3,5,7-9,11-13,20H,4,6,10,14-16H2,1-2H3,(H,27,31)/t20-,25+/m1/s1. The molecule has 2 aromatic heterocycles. The van der Waals surface area contributed by atoms with Crippen molar-refractivity contribution in [3.8, 4) is 5.75 Å². The van der Waals surface area contributed by atoms with Crippen LogP contribution in [-0.4, -0.2) is 58.2 Å². The molecular weight excluding hydrogens is 420 g/mol. The lowest BCUT2D eigenvalue weighted by molar-refractivity contribution is -0.133. The van der Waals surface area contributed by atoms with Gasteiger partial charge in [0.05, 0.1) is 25.3 Å². The number of pyridine rings is 1. The van der Waals surface area contributed by atoms with Crippen LogP contribution in [0.4, 0.5) is 0 Å². The van der Waals surface area contributed by atoms with Crippen LogP contribution in [0.2, 0.25) is 0 Å². The fourth-order valence-corrected chi connectivity index (χ4v) is 4.78. The number of hydrogen-bond acceptors (Lipinski definition) is 5. The summed E-state index contributed by atoms with van der Waals surface area (Å²) in [6.07, 6.45) is 5.38. The van der Waals surface area contributed by atoms with E-state index < -0.39 is 5.54 Å². The number of carbonyl (C=O) groups is 2. The average molecular weight is 449 g/mol. The van der Waals surface area contributed by atoms with Gasteiger partial charge in [-0.3, -0.25) is 14.6 Å². The number of carbonyl (C=O) groups excluding carboxylic acids is 2. The molecule has 1 aromatic carbocycles. The van der Waals surface area contributed by atoms with Crippen molar-refractivity contribution in [2.45, 2.75) is 44.5 Å². The highest BCUT2D eigenvalue weighted by Gasteiger charge is 2.47. The quantitative estimate of drug-likeness (QED) is 0.627. The Morgan fingerprint density at radius 3 is 2.94 bits per heavy atom. The Balaban J connectivity index is 1.53. The zero-order valence-electron chi connectivity index (χ0n) is 18.9. The number of aromatic nitrogens is 2. The van der Waals surface area contributed by atoms with E-state index in [9.17, 15) is 9.59 Å². The van der Waals surface area contributed by atoms with Crippen LogP contribution < -0.4 is 10.1 Å². The Labute approximate surface area is 192 Å². The Hall–Kier alpha value is -3.39. The molecule has 4 heterocycles. The van der Waals surface area contributed by atoms with Crippen LogP contribution >= 0.6 is 0 Å². The predicted octanol–water partition coefficient (Wildman–Crippen LogP) is 2.75. The van der Waals surface area contributed by atoms with Crippen LogP contribution in [0.25, 0.3) is 10.9 Å². The third-order valence-corrected chi connectivity index (χ3v) is 6.70. The van der Waals surface area contributed by atoms with E-state index in [4.69, 9.17) is 9.47 Å². The SMILES string of the molecule is COc1ccc2cc3n(c2c1)C[C@@](C)(C(=O)NC[C@H]1CCCO1)N(Cc1cccnc1)C3=O. The van der Waals surface area contributed by atoms with Crippen molar-refractivity contribution in [1.29, 1.82) is 0 Å². The lowest BCUT2D eigenvalue weighted by atomic mass is 9.94. The first-order chi connectivity index (χ1) is 16.0. The molecule has 33 heavy (non-hydrogen) atoms. The minimum Gasteiger partial charge on any atom is -0.497 e. The van der Waals surface area contributed by atoms with Gasteiger partial charge in [0.2, 0.25) is 5.91 Å². The monoisotopic (exact) mass is 448 g/mol. The molecule has 1 saturated heterocycles. The van der Waals surface area contributed by atoms with Crippen molar-refractivity contribution in [2.24, 2.45) is 0 Å². The molecule has 8 heteroatoms. The van der Waals surface area contributed by atoms with Crippen LogP contribution in [0.15, 0.2) is 48.8 Å². The third kappa shape index (κ3) is 3.84. The summed E-state index contributed by atoms with van der Waals surface area (Å²) in [7, 11) is 1.62. The van der Waals surface area contributed by atoms with Gasteiger partial charge >= 0.3 is 0 Å². The van der Waals surface area contributed by atoms with Gasteiger partial charge in [0, 0.05) is 43.5 Å². The molecule has 172 valence electrons. The van der Waals surface area contributed by atoms with Gasteiger partial charge in [0.1, 0.15) is 17.0 Å². The van der Waals surface area contributed by atoms with Crippen molar-refractivity contribution in [1.82, 2.24) is 19.8 Å².